The minimum Gasteiger partial charge on any atom is -0.483 e. The van der Waals surface area contributed by atoms with Crippen molar-refractivity contribution in [2.45, 2.75) is 0 Å². The first-order chi connectivity index (χ1) is 10.6. The maximum Gasteiger partial charge on any atom is 0.265 e. The number of amides is 1. The number of carbonyl (C=O) groups excluding carboxylic acids is 1. The Hall–Kier alpha value is -2.03. The van der Waals surface area contributed by atoms with E-state index in [-0.39, 0.29) is 19.1 Å². The number of halogens is 2. The van der Waals surface area contributed by atoms with E-state index in [0.717, 1.165) is 0 Å². The highest BCUT2D eigenvalue weighted by atomic mass is 79.9. The summed E-state index contributed by atoms with van der Waals surface area (Å²) in [4.78, 5) is 13.7. The number of nitriles is 1. The van der Waals surface area contributed by atoms with Gasteiger partial charge in [0.05, 0.1) is 10.5 Å². The lowest BCUT2D eigenvalue weighted by Gasteiger charge is -2.20. The zero-order valence-electron chi connectivity index (χ0n) is 11.5. The average molecular weight is 380 g/mol. The van der Waals surface area contributed by atoms with Crippen LogP contribution >= 0.6 is 27.5 Å². The predicted octanol–water partition coefficient (Wildman–Crippen LogP) is 4.04. The number of benzene rings is 2. The van der Waals surface area contributed by atoms with E-state index in [1.54, 1.807) is 30.3 Å². The van der Waals surface area contributed by atoms with Gasteiger partial charge in [0.2, 0.25) is 0 Å². The summed E-state index contributed by atoms with van der Waals surface area (Å²) in [7, 11) is 0. The Balaban J connectivity index is 2.07. The first-order valence-electron chi connectivity index (χ1n) is 6.42. The highest BCUT2D eigenvalue weighted by Gasteiger charge is 2.16. The number of nitrogens with zero attached hydrogens (tertiary/aromatic N) is 2. The third-order valence-electron chi connectivity index (χ3n) is 2.84. The van der Waals surface area contributed by atoms with Gasteiger partial charge >= 0.3 is 0 Å². The topological polar surface area (TPSA) is 53.3 Å². The van der Waals surface area contributed by atoms with E-state index in [4.69, 9.17) is 21.6 Å². The Morgan fingerprint density at radius 3 is 2.64 bits per heavy atom. The van der Waals surface area contributed by atoms with E-state index < -0.39 is 0 Å². The number of rotatable bonds is 5. The molecule has 112 valence electrons. The summed E-state index contributed by atoms with van der Waals surface area (Å²) in [5.74, 6) is 0.220. The maximum absolute atomic E-state index is 12.3. The standard InChI is InChI=1S/C16H12BrClN2O2/c17-14-10-12(18)6-7-15(14)22-11-16(21)20(9-8-19)13-4-2-1-3-5-13/h1-7,10H,9,11H2. The summed E-state index contributed by atoms with van der Waals surface area (Å²) >= 11 is 9.18. The van der Waals surface area contributed by atoms with Crippen LogP contribution in [0.15, 0.2) is 53.0 Å². The zero-order valence-corrected chi connectivity index (χ0v) is 13.8. The van der Waals surface area contributed by atoms with Crippen LogP contribution in [0.3, 0.4) is 0 Å². The number of hydrogen-bond acceptors (Lipinski definition) is 3. The summed E-state index contributed by atoms with van der Waals surface area (Å²) < 4.78 is 6.16. The molecule has 0 N–H and O–H groups in total. The molecule has 0 aliphatic heterocycles. The quantitative estimate of drug-likeness (QED) is 0.737. The first kappa shape index (κ1) is 16.3. The van der Waals surface area contributed by atoms with Crippen molar-refractivity contribution in [3.63, 3.8) is 0 Å². The third-order valence-corrected chi connectivity index (χ3v) is 3.70. The molecule has 0 aromatic heterocycles. The van der Waals surface area contributed by atoms with Crippen molar-refractivity contribution < 1.29 is 9.53 Å². The maximum atomic E-state index is 12.3. The minimum absolute atomic E-state index is 0.0337. The zero-order chi connectivity index (χ0) is 15.9. The van der Waals surface area contributed by atoms with Gasteiger partial charge < -0.3 is 4.74 Å². The highest BCUT2D eigenvalue weighted by molar-refractivity contribution is 9.10. The van der Waals surface area contributed by atoms with E-state index in [2.05, 4.69) is 15.9 Å². The fourth-order valence-corrected chi connectivity index (χ4v) is 2.61. The van der Waals surface area contributed by atoms with Gasteiger partial charge in [0.15, 0.2) is 6.61 Å². The average Bonchev–Trinajstić information content (AvgIpc) is 2.52. The normalized spacial score (nSPS) is 9.86. The number of ether oxygens (including phenoxy) is 1. The molecule has 0 unspecified atom stereocenters. The molecule has 0 atom stereocenters. The van der Waals surface area contributed by atoms with Crippen molar-refractivity contribution in [2.24, 2.45) is 0 Å². The predicted molar refractivity (Wildman–Crippen MR) is 89.1 cm³/mol. The van der Waals surface area contributed by atoms with Gasteiger partial charge in [-0.3, -0.25) is 9.69 Å². The molecular formula is C16H12BrClN2O2. The molecule has 0 saturated carbocycles. The van der Waals surface area contributed by atoms with E-state index in [1.165, 1.54) is 4.90 Å². The second-order valence-electron chi connectivity index (χ2n) is 4.34. The van der Waals surface area contributed by atoms with Crippen molar-refractivity contribution in [3.05, 3.63) is 58.0 Å². The molecular weight excluding hydrogens is 368 g/mol. The summed E-state index contributed by atoms with van der Waals surface area (Å²) in [6.07, 6.45) is 0. The Labute approximate surface area is 142 Å². The lowest BCUT2D eigenvalue weighted by Crippen LogP contribution is -2.35. The van der Waals surface area contributed by atoms with Crippen molar-refractivity contribution in [3.8, 4) is 11.8 Å². The Bertz CT molecular complexity index is 701. The van der Waals surface area contributed by atoms with Crippen LogP contribution in [0, 0.1) is 11.3 Å². The molecule has 2 aromatic carbocycles. The van der Waals surface area contributed by atoms with Gasteiger partial charge in [0.1, 0.15) is 12.3 Å². The number of hydrogen-bond donors (Lipinski definition) is 0. The number of carbonyl (C=O) groups is 1. The fraction of sp³-hybridized carbons (Fsp3) is 0.125. The molecule has 0 aliphatic carbocycles. The molecule has 0 aliphatic rings. The third kappa shape index (κ3) is 4.23. The lowest BCUT2D eigenvalue weighted by atomic mass is 10.3. The molecule has 6 heteroatoms. The van der Waals surface area contributed by atoms with Gasteiger partial charge in [-0.15, -0.1) is 0 Å². The molecule has 2 rings (SSSR count). The van der Waals surface area contributed by atoms with Crippen molar-refractivity contribution >= 4 is 39.1 Å². The molecule has 1 amide bonds. The number of anilines is 1. The van der Waals surface area contributed by atoms with Crippen molar-refractivity contribution in [1.29, 1.82) is 5.26 Å². The van der Waals surface area contributed by atoms with Gasteiger partial charge in [-0.25, -0.2) is 0 Å². The van der Waals surface area contributed by atoms with E-state index in [0.29, 0.717) is 20.9 Å². The molecule has 0 spiro atoms. The molecule has 0 radical (unpaired) electrons. The largest absolute Gasteiger partial charge is 0.483 e. The molecule has 0 saturated heterocycles. The van der Waals surface area contributed by atoms with E-state index in [1.807, 2.05) is 24.3 Å². The first-order valence-corrected chi connectivity index (χ1v) is 7.59. The van der Waals surface area contributed by atoms with Crippen LogP contribution in [0.2, 0.25) is 5.02 Å². The molecule has 0 bridgehead atoms. The van der Waals surface area contributed by atoms with E-state index in [9.17, 15) is 4.79 Å². The van der Waals surface area contributed by atoms with Crippen LogP contribution in [-0.4, -0.2) is 19.1 Å². The van der Waals surface area contributed by atoms with Crippen LogP contribution in [0.25, 0.3) is 0 Å². The number of para-hydroxylation sites is 1. The van der Waals surface area contributed by atoms with Gasteiger partial charge in [-0.1, -0.05) is 29.8 Å². The summed E-state index contributed by atoms with van der Waals surface area (Å²) in [5, 5.41) is 9.47. The molecule has 0 heterocycles. The summed E-state index contributed by atoms with van der Waals surface area (Å²) in [6.45, 7) is -0.204. The monoisotopic (exact) mass is 378 g/mol. The fourth-order valence-electron chi connectivity index (χ4n) is 1.81. The van der Waals surface area contributed by atoms with Gasteiger partial charge in [0, 0.05) is 10.7 Å². The molecule has 0 fully saturated rings. The van der Waals surface area contributed by atoms with Crippen LogP contribution in [0.4, 0.5) is 5.69 Å². The summed E-state index contributed by atoms with van der Waals surface area (Å²) in [6, 6.07) is 16.0. The van der Waals surface area contributed by atoms with Crippen LogP contribution < -0.4 is 9.64 Å². The Kier molecular flexibility index (Phi) is 5.82. The van der Waals surface area contributed by atoms with Gasteiger partial charge in [0.25, 0.3) is 5.91 Å². The highest BCUT2D eigenvalue weighted by Crippen LogP contribution is 2.28. The van der Waals surface area contributed by atoms with Gasteiger partial charge in [-0.2, -0.15) is 5.26 Å². The van der Waals surface area contributed by atoms with Crippen LogP contribution in [-0.2, 0) is 4.79 Å². The molecule has 4 nitrogen and oxygen atoms in total. The van der Waals surface area contributed by atoms with Gasteiger partial charge in [-0.05, 0) is 46.3 Å². The lowest BCUT2D eigenvalue weighted by molar-refractivity contribution is -0.120. The molecule has 22 heavy (non-hydrogen) atoms. The Morgan fingerprint density at radius 1 is 1.27 bits per heavy atom. The van der Waals surface area contributed by atoms with Crippen LogP contribution in [0.1, 0.15) is 0 Å². The van der Waals surface area contributed by atoms with Crippen molar-refractivity contribution in [1.82, 2.24) is 0 Å². The van der Waals surface area contributed by atoms with Crippen molar-refractivity contribution in [2.75, 3.05) is 18.1 Å². The summed E-state index contributed by atoms with van der Waals surface area (Å²) in [5.41, 5.74) is 0.660. The molecule has 2 aromatic rings. The van der Waals surface area contributed by atoms with E-state index >= 15 is 0 Å². The van der Waals surface area contributed by atoms with Crippen LogP contribution in [0.5, 0.6) is 5.75 Å². The Morgan fingerprint density at radius 2 is 2.00 bits per heavy atom. The minimum atomic E-state index is -0.297. The second-order valence-corrected chi connectivity index (χ2v) is 5.63. The smallest absolute Gasteiger partial charge is 0.265 e. The SMILES string of the molecule is N#CCN(C(=O)COc1ccc(Cl)cc1Br)c1ccccc1. The second kappa shape index (κ2) is 7.83.